The highest BCUT2D eigenvalue weighted by atomic mass is 35.5. The molecule has 3 aromatic rings. The third kappa shape index (κ3) is 3.73. The molecule has 0 fully saturated rings. The zero-order valence-corrected chi connectivity index (χ0v) is 14.1. The van der Waals surface area contributed by atoms with Crippen LogP contribution in [0.4, 0.5) is 0 Å². The maximum absolute atomic E-state index is 12.5. The summed E-state index contributed by atoms with van der Waals surface area (Å²) < 4.78 is 10.6. The standard InChI is InChI=1S/C19H16ClNO4/c20-11-12-5-6-17-14(9-12)10-15(19(23)25-17)18(22)24-16-4-2-1-3-13(16)7-8-21/h1-6,9-10H,7-8,11,21H2. The molecule has 0 atom stereocenters. The van der Waals surface area contributed by atoms with Crippen LogP contribution in [0.3, 0.4) is 0 Å². The maximum Gasteiger partial charge on any atom is 0.351 e. The summed E-state index contributed by atoms with van der Waals surface area (Å²) in [6.07, 6.45) is 0.564. The molecule has 0 amide bonds. The van der Waals surface area contributed by atoms with Crippen LogP contribution in [0.25, 0.3) is 11.0 Å². The number of carbonyl (C=O) groups excluding carboxylic acids is 1. The molecule has 0 bridgehead atoms. The van der Waals surface area contributed by atoms with Crippen LogP contribution in [0.2, 0.25) is 0 Å². The minimum Gasteiger partial charge on any atom is -0.422 e. The fourth-order valence-corrected chi connectivity index (χ4v) is 2.68. The van der Waals surface area contributed by atoms with E-state index >= 15 is 0 Å². The second kappa shape index (κ2) is 7.51. The van der Waals surface area contributed by atoms with Crippen LogP contribution in [0.15, 0.2) is 57.7 Å². The SMILES string of the molecule is NCCc1ccccc1OC(=O)c1cc2cc(CCl)ccc2oc1=O. The van der Waals surface area contributed by atoms with E-state index in [1.165, 1.54) is 6.07 Å². The Hall–Kier alpha value is -2.63. The van der Waals surface area contributed by atoms with Gasteiger partial charge in [-0.2, -0.15) is 0 Å². The zero-order valence-electron chi connectivity index (χ0n) is 13.3. The summed E-state index contributed by atoms with van der Waals surface area (Å²) in [5.41, 5.74) is 6.70. The molecule has 0 aliphatic heterocycles. The smallest absolute Gasteiger partial charge is 0.351 e. The molecule has 0 unspecified atom stereocenters. The summed E-state index contributed by atoms with van der Waals surface area (Å²) in [6, 6.07) is 13.7. The monoisotopic (exact) mass is 357 g/mol. The number of hydrogen-bond acceptors (Lipinski definition) is 5. The van der Waals surface area contributed by atoms with Gasteiger partial charge in [-0.15, -0.1) is 11.6 Å². The van der Waals surface area contributed by atoms with Crippen molar-refractivity contribution in [1.82, 2.24) is 0 Å². The third-order valence-electron chi connectivity index (χ3n) is 3.76. The first kappa shape index (κ1) is 17.2. The lowest BCUT2D eigenvalue weighted by atomic mass is 10.1. The van der Waals surface area contributed by atoms with Crippen molar-refractivity contribution in [3.8, 4) is 5.75 Å². The van der Waals surface area contributed by atoms with Crippen LogP contribution < -0.4 is 16.1 Å². The van der Waals surface area contributed by atoms with Crippen molar-refractivity contribution in [1.29, 1.82) is 0 Å². The molecule has 3 rings (SSSR count). The Morgan fingerprint density at radius 3 is 2.72 bits per heavy atom. The average molecular weight is 358 g/mol. The molecule has 0 spiro atoms. The van der Waals surface area contributed by atoms with Gasteiger partial charge in [0.25, 0.3) is 0 Å². The van der Waals surface area contributed by atoms with Crippen LogP contribution in [0.5, 0.6) is 5.75 Å². The predicted octanol–water partition coefficient (Wildman–Crippen LogP) is 3.25. The van der Waals surface area contributed by atoms with Crippen molar-refractivity contribution in [2.45, 2.75) is 12.3 Å². The number of nitrogens with two attached hydrogens (primary N) is 1. The van der Waals surface area contributed by atoms with Crippen molar-refractivity contribution in [2.75, 3.05) is 6.54 Å². The zero-order chi connectivity index (χ0) is 17.8. The Morgan fingerprint density at radius 1 is 1.16 bits per heavy atom. The van der Waals surface area contributed by atoms with Gasteiger partial charge in [0.15, 0.2) is 0 Å². The Kier molecular flexibility index (Phi) is 5.16. The quantitative estimate of drug-likeness (QED) is 0.328. The van der Waals surface area contributed by atoms with Crippen LogP contribution in [-0.4, -0.2) is 12.5 Å². The van der Waals surface area contributed by atoms with E-state index < -0.39 is 11.6 Å². The molecule has 0 aliphatic carbocycles. The number of benzene rings is 2. The van der Waals surface area contributed by atoms with Crippen molar-refractivity contribution < 1.29 is 13.9 Å². The molecule has 5 nitrogen and oxygen atoms in total. The molecule has 1 aromatic heterocycles. The van der Waals surface area contributed by atoms with Crippen LogP contribution in [0.1, 0.15) is 21.5 Å². The van der Waals surface area contributed by atoms with Gasteiger partial charge in [-0.1, -0.05) is 24.3 Å². The van der Waals surface area contributed by atoms with E-state index in [1.807, 2.05) is 12.1 Å². The third-order valence-corrected chi connectivity index (χ3v) is 4.07. The fraction of sp³-hybridized carbons (Fsp3) is 0.158. The van der Waals surface area contributed by atoms with Crippen LogP contribution in [0, 0.1) is 0 Å². The summed E-state index contributed by atoms with van der Waals surface area (Å²) in [5.74, 6) is -0.0650. The minimum atomic E-state index is -0.767. The van der Waals surface area contributed by atoms with Crippen molar-refractivity contribution in [3.63, 3.8) is 0 Å². The summed E-state index contributed by atoms with van der Waals surface area (Å²) in [6.45, 7) is 0.424. The molecule has 0 radical (unpaired) electrons. The van der Waals surface area contributed by atoms with E-state index in [9.17, 15) is 9.59 Å². The van der Waals surface area contributed by atoms with Gasteiger partial charge in [0.2, 0.25) is 0 Å². The van der Waals surface area contributed by atoms with Crippen molar-refractivity contribution >= 4 is 28.5 Å². The van der Waals surface area contributed by atoms with E-state index in [4.69, 9.17) is 26.5 Å². The summed E-state index contributed by atoms with van der Waals surface area (Å²) in [5, 5.41) is 0.611. The van der Waals surface area contributed by atoms with E-state index in [-0.39, 0.29) is 5.56 Å². The summed E-state index contributed by atoms with van der Waals surface area (Å²) >= 11 is 5.82. The minimum absolute atomic E-state index is 0.165. The number of carbonyl (C=O) groups is 1. The van der Waals surface area contributed by atoms with E-state index in [0.29, 0.717) is 35.6 Å². The van der Waals surface area contributed by atoms with Gasteiger partial charge in [0, 0.05) is 11.3 Å². The van der Waals surface area contributed by atoms with Crippen molar-refractivity contribution in [3.05, 3.63) is 75.6 Å². The summed E-state index contributed by atoms with van der Waals surface area (Å²) in [7, 11) is 0. The van der Waals surface area contributed by atoms with E-state index in [1.54, 1.807) is 30.3 Å². The van der Waals surface area contributed by atoms with Gasteiger partial charge >= 0.3 is 11.6 Å². The normalized spacial score (nSPS) is 10.8. The molecule has 25 heavy (non-hydrogen) atoms. The molecule has 6 heteroatoms. The predicted molar refractivity (Wildman–Crippen MR) is 96.2 cm³/mol. The Bertz CT molecular complexity index is 981. The lowest BCUT2D eigenvalue weighted by Crippen LogP contribution is -2.19. The van der Waals surface area contributed by atoms with Crippen molar-refractivity contribution in [2.24, 2.45) is 5.73 Å². The number of para-hydroxylation sites is 1. The molecule has 128 valence electrons. The first-order valence-electron chi connectivity index (χ1n) is 7.75. The maximum atomic E-state index is 12.5. The van der Waals surface area contributed by atoms with Gasteiger partial charge in [0.1, 0.15) is 16.9 Å². The number of rotatable bonds is 5. The van der Waals surface area contributed by atoms with Gasteiger partial charge in [-0.05, 0) is 48.4 Å². The molecule has 0 aliphatic rings. The highest BCUT2D eigenvalue weighted by molar-refractivity contribution is 6.17. The molecule has 2 N–H and O–H groups in total. The topological polar surface area (TPSA) is 82.5 Å². The second-order valence-corrected chi connectivity index (χ2v) is 5.76. The molecule has 0 saturated carbocycles. The number of halogens is 1. The molecule has 2 aromatic carbocycles. The first-order valence-corrected chi connectivity index (χ1v) is 8.28. The van der Waals surface area contributed by atoms with Crippen LogP contribution >= 0.6 is 11.6 Å². The number of fused-ring (bicyclic) bond motifs is 1. The summed E-state index contributed by atoms with van der Waals surface area (Å²) in [4.78, 5) is 24.6. The largest absolute Gasteiger partial charge is 0.422 e. The van der Waals surface area contributed by atoms with E-state index in [2.05, 4.69) is 0 Å². The van der Waals surface area contributed by atoms with Gasteiger partial charge in [-0.25, -0.2) is 9.59 Å². The molecular formula is C19H16ClNO4. The molecule has 1 heterocycles. The van der Waals surface area contributed by atoms with Crippen LogP contribution in [-0.2, 0) is 12.3 Å². The molecular weight excluding hydrogens is 342 g/mol. The second-order valence-electron chi connectivity index (χ2n) is 5.49. The Labute approximate surface area is 149 Å². The average Bonchev–Trinajstić information content (AvgIpc) is 2.62. The molecule has 0 saturated heterocycles. The van der Waals surface area contributed by atoms with Gasteiger partial charge in [-0.3, -0.25) is 0 Å². The number of alkyl halides is 1. The lowest BCUT2D eigenvalue weighted by Gasteiger charge is -2.09. The Morgan fingerprint density at radius 2 is 1.96 bits per heavy atom. The van der Waals surface area contributed by atoms with Gasteiger partial charge in [0.05, 0.1) is 0 Å². The number of esters is 1. The highest BCUT2D eigenvalue weighted by Gasteiger charge is 2.17. The number of ether oxygens (including phenoxy) is 1. The van der Waals surface area contributed by atoms with E-state index in [0.717, 1.165) is 11.1 Å². The number of hydrogen-bond donors (Lipinski definition) is 1. The first-order chi connectivity index (χ1) is 12.1. The van der Waals surface area contributed by atoms with Gasteiger partial charge < -0.3 is 14.9 Å². The highest BCUT2D eigenvalue weighted by Crippen LogP contribution is 2.21. The fourth-order valence-electron chi connectivity index (χ4n) is 2.52. The Balaban J connectivity index is 1.97. The lowest BCUT2D eigenvalue weighted by molar-refractivity contribution is 0.0729.